The molecule has 0 atom stereocenters. The summed E-state index contributed by atoms with van der Waals surface area (Å²) in [6.07, 6.45) is 0. The third-order valence-electron chi connectivity index (χ3n) is 2.65. The normalized spacial score (nSPS) is 10.0. The van der Waals surface area contributed by atoms with Gasteiger partial charge in [-0.1, -0.05) is 35.9 Å². The fourth-order valence-corrected chi connectivity index (χ4v) is 1.75. The van der Waals surface area contributed by atoms with Crippen LogP contribution in [0.2, 0.25) is 0 Å². The molecule has 0 aromatic heterocycles. The van der Waals surface area contributed by atoms with Crippen LogP contribution in [-0.4, -0.2) is 12.6 Å². The minimum Gasteiger partial charge on any atom is -0.482 e. The lowest BCUT2D eigenvalue weighted by Gasteiger charge is -2.09. The van der Waals surface area contributed by atoms with E-state index in [2.05, 4.69) is 0 Å². The zero-order valence-electron chi connectivity index (χ0n) is 11.1. The van der Waals surface area contributed by atoms with Crippen LogP contribution in [0.4, 0.5) is 0 Å². The summed E-state index contributed by atoms with van der Waals surface area (Å²) in [4.78, 5) is 11.6. The average molecular weight is 256 g/mol. The summed E-state index contributed by atoms with van der Waals surface area (Å²) in [5, 5.41) is 0. The van der Waals surface area contributed by atoms with Crippen molar-refractivity contribution in [2.24, 2.45) is 0 Å². The van der Waals surface area contributed by atoms with Crippen molar-refractivity contribution in [2.75, 3.05) is 6.61 Å². The van der Waals surface area contributed by atoms with Crippen molar-refractivity contribution in [2.45, 2.75) is 13.8 Å². The van der Waals surface area contributed by atoms with Crippen LogP contribution in [0.25, 0.3) is 0 Å². The first kappa shape index (κ1) is 13.1. The number of carbonyl (C=O) groups excluding carboxylic acids is 1. The minimum absolute atomic E-state index is 0.0984. The van der Waals surface area contributed by atoms with Gasteiger partial charge in [-0.05, 0) is 37.6 Å². The van der Waals surface area contributed by atoms with E-state index in [1.54, 1.807) is 12.1 Å². The Labute approximate surface area is 112 Å². The van der Waals surface area contributed by atoms with Gasteiger partial charge in [0.1, 0.15) is 11.5 Å². The standard InChI is InChI=1S/C16H16O3/c1-12-8-9-15(13(2)10-12)18-11-16(17)19-14-6-4-3-5-7-14/h3-10H,11H2,1-2H3. The predicted molar refractivity (Wildman–Crippen MR) is 73.5 cm³/mol. The Morgan fingerprint density at radius 3 is 2.47 bits per heavy atom. The number of hydrogen-bond donors (Lipinski definition) is 0. The topological polar surface area (TPSA) is 35.5 Å². The Kier molecular flexibility index (Phi) is 4.18. The van der Waals surface area contributed by atoms with Crippen LogP contribution in [0.5, 0.6) is 11.5 Å². The summed E-state index contributed by atoms with van der Waals surface area (Å²) >= 11 is 0. The van der Waals surface area contributed by atoms with Gasteiger partial charge in [0.05, 0.1) is 0 Å². The summed E-state index contributed by atoms with van der Waals surface area (Å²) in [5.74, 6) is 0.818. The van der Waals surface area contributed by atoms with E-state index >= 15 is 0 Å². The van der Waals surface area contributed by atoms with Crippen LogP contribution in [0.3, 0.4) is 0 Å². The van der Waals surface area contributed by atoms with Crippen molar-refractivity contribution >= 4 is 5.97 Å². The molecule has 0 aliphatic carbocycles. The Bertz CT molecular complexity index is 561. The first-order chi connectivity index (χ1) is 9.15. The molecule has 0 saturated heterocycles. The zero-order chi connectivity index (χ0) is 13.7. The lowest BCUT2D eigenvalue weighted by molar-refractivity contribution is -0.136. The fourth-order valence-electron chi connectivity index (χ4n) is 1.75. The van der Waals surface area contributed by atoms with E-state index in [1.807, 2.05) is 50.2 Å². The molecule has 0 amide bonds. The summed E-state index contributed by atoms with van der Waals surface area (Å²) in [5.41, 5.74) is 2.17. The van der Waals surface area contributed by atoms with Crippen molar-refractivity contribution in [3.63, 3.8) is 0 Å². The van der Waals surface area contributed by atoms with Gasteiger partial charge >= 0.3 is 5.97 Å². The molecule has 3 nitrogen and oxygen atoms in total. The molecule has 0 fully saturated rings. The van der Waals surface area contributed by atoms with Crippen LogP contribution in [0.15, 0.2) is 48.5 Å². The first-order valence-electron chi connectivity index (χ1n) is 6.11. The second-order valence-corrected chi connectivity index (χ2v) is 4.34. The molecule has 2 aromatic rings. The zero-order valence-corrected chi connectivity index (χ0v) is 11.1. The predicted octanol–water partition coefficient (Wildman–Crippen LogP) is 3.29. The molecule has 0 N–H and O–H groups in total. The molecular formula is C16H16O3. The average Bonchev–Trinajstić information content (AvgIpc) is 2.39. The third-order valence-corrected chi connectivity index (χ3v) is 2.65. The smallest absolute Gasteiger partial charge is 0.349 e. The molecule has 98 valence electrons. The van der Waals surface area contributed by atoms with Crippen molar-refractivity contribution in [3.05, 3.63) is 59.7 Å². The van der Waals surface area contributed by atoms with Gasteiger partial charge in [0.25, 0.3) is 0 Å². The third kappa shape index (κ3) is 3.85. The highest BCUT2D eigenvalue weighted by Crippen LogP contribution is 2.18. The molecule has 0 aliphatic heterocycles. The number of carbonyl (C=O) groups is 1. The summed E-state index contributed by atoms with van der Waals surface area (Å²) in [6.45, 7) is 3.87. The molecular weight excluding hydrogens is 240 g/mol. The Morgan fingerprint density at radius 2 is 1.79 bits per heavy atom. The van der Waals surface area contributed by atoms with E-state index in [1.165, 1.54) is 0 Å². The van der Waals surface area contributed by atoms with Crippen molar-refractivity contribution in [1.82, 2.24) is 0 Å². The highest BCUT2D eigenvalue weighted by atomic mass is 16.6. The number of esters is 1. The molecule has 0 heterocycles. The van der Waals surface area contributed by atoms with Gasteiger partial charge in [-0.2, -0.15) is 0 Å². The van der Waals surface area contributed by atoms with Crippen LogP contribution in [-0.2, 0) is 4.79 Å². The van der Waals surface area contributed by atoms with E-state index in [0.29, 0.717) is 11.5 Å². The lowest BCUT2D eigenvalue weighted by Crippen LogP contribution is -2.17. The van der Waals surface area contributed by atoms with Gasteiger partial charge < -0.3 is 9.47 Å². The van der Waals surface area contributed by atoms with Crippen LogP contribution < -0.4 is 9.47 Å². The number of para-hydroxylation sites is 1. The highest BCUT2D eigenvalue weighted by Gasteiger charge is 2.07. The maximum Gasteiger partial charge on any atom is 0.349 e. The maximum atomic E-state index is 11.6. The number of hydrogen-bond acceptors (Lipinski definition) is 3. The van der Waals surface area contributed by atoms with Gasteiger partial charge in [-0.25, -0.2) is 4.79 Å². The van der Waals surface area contributed by atoms with Gasteiger partial charge in [0.2, 0.25) is 0 Å². The van der Waals surface area contributed by atoms with Crippen molar-refractivity contribution in [3.8, 4) is 11.5 Å². The largest absolute Gasteiger partial charge is 0.482 e. The van der Waals surface area contributed by atoms with Crippen LogP contribution in [0.1, 0.15) is 11.1 Å². The maximum absolute atomic E-state index is 11.6. The molecule has 0 saturated carbocycles. The van der Waals surface area contributed by atoms with Gasteiger partial charge in [-0.3, -0.25) is 0 Å². The molecule has 3 heteroatoms. The quantitative estimate of drug-likeness (QED) is 0.622. The van der Waals surface area contributed by atoms with E-state index in [9.17, 15) is 4.79 Å². The highest BCUT2D eigenvalue weighted by molar-refractivity contribution is 5.74. The molecule has 0 aliphatic rings. The summed E-state index contributed by atoms with van der Waals surface area (Å²) < 4.78 is 10.6. The SMILES string of the molecule is Cc1ccc(OCC(=O)Oc2ccccc2)c(C)c1. The number of benzene rings is 2. The molecule has 0 unspecified atom stereocenters. The Hall–Kier alpha value is -2.29. The van der Waals surface area contributed by atoms with Crippen LogP contribution in [0, 0.1) is 13.8 Å². The monoisotopic (exact) mass is 256 g/mol. The fraction of sp³-hybridized carbons (Fsp3) is 0.188. The van der Waals surface area contributed by atoms with Gasteiger partial charge in [0, 0.05) is 0 Å². The molecule has 2 aromatic carbocycles. The molecule has 0 spiro atoms. The van der Waals surface area contributed by atoms with E-state index < -0.39 is 5.97 Å². The minimum atomic E-state index is -0.411. The summed E-state index contributed by atoms with van der Waals surface area (Å²) in [7, 11) is 0. The second-order valence-electron chi connectivity index (χ2n) is 4.34. The Morgan fingerprint density at radius 1 is 1.05 bits per heavy atom. The number of ether oxygens (including phenoxy) is 2. The van der Waals surface area contributed by atoms with E-state index in [0.717, 1.165) is 11.1 Å². The number of rotatable bonds is 4. The van der Waals surface area contributed by atoms with Crippen molar-refractivity contribution < 1.29 is 14.3 Å². The van der Waals surface area contributed by atoms with E-state index in [-0.39, 0.29) is 6.61 Å². The molecule has 2 rings (SSSR count). The molecule has 19 heavy (non-hydrogen) atoms. The van der Waals surface area contributed by atoms with E-state index in [4.69, 9.17) is 9.47 Å². The van der Waals surface area contributed by atoms with Crippen LogP contribution >= 0.6 is 0 Å². The Balaban J connectivity index is 1.90. The van der Waals surface area contributed by atoms with Crippen molar-refractivity contribution in [1.29, 1.82) is 0 Å². The van der Waals surface area contributed by atoms with Gasteiger partial charge in [-0.15, -0.1) is 0 Å². The summed E-state index contributed by atoms with van der Waals surface area (Å²) in [6, 6.07) is 14.8. The lowest BCUT2D eigenvalue weighted by atomic mass is 10.1. The second kappa shape index (κ2) is 6.05. The first-order valence-corrected chi connectivity index (χ1v) is 6.11. The van der Waals surface area contributed by atoms with Gasteiger partial charge in [0.15, 0.2) is 6.61 Å². The number of aryl methyl sites for hydroxylation is 2. The molecule has 0 radical (unpaired) electrons. The molecule has 0 bridgehead atoms.